The highest BCUT2D eigenvalue weighted by atomic mass is 16.1. The van der Waals surface area contributed by atoms with Crippen molar-refractivity contribution in [1.82, 2.24) is 14.6 Å². The number of aromatic nitrogens is 3. The van der Waals surface area contributed by atoms with Crippen LogP contribution in [0.2, 0.25) is 0 Å². The Morgan fingerprint density at radius 2 is 1.62 bits per heavy atom. The maximum absolute atomic E-state index is 13.0. The SMILES string of the molecule is CC(C)(C)c1ccc(C(=O)Cc2cc(-c3ccc4ccccc4c3)n3nccc3n2)cc1. The molecule has 2 aromatic heterocycles. The molecule has 0 aliphatic rings. The number of carbonyl (C=O) groups excluding carboxylic acids is 1. The second kappa shape index (κ2) is 7.72. The number of carbonyl (C=O) groups is 1. The zero-order chi connectivity index (χ0) is 22.3. The number of hydrogen-bond donors (Lipinski definition) is 0. The lowest BCUT2D eigenvalue weighted by Gasteiger charge is -2.19. The minimum absolute atomic E-state index is 0.0604. The molecule has 0 radical (unpaired) electrons. The van der Waals surface area contributed by atoms with Gasteiger partial charge in [0.05, 0.1) is 24.0 Å². The van der Waals surface area contributed by atoms with Crippen LogP contribution in [0.15, 0.2) is 85.1 Å². The van der Waals surface area contributed by atoms with Gasteiger partial charge in [-0.2, -0.15) is 5.10 Å². The number of hydrogen-bond acceptors (Lipinski definition) is 3. The van der Waals surface area contributed by atoms with Crippen molar-refractivity contribution in [2.24, 2.45) is 0 Å². The predicted molar refractivity (Wildman–Crippen MR) is 129 cm³/mol. The summed E-state index contributed by atoms with van der Waals surface area (Å²) in [5, 5.41) is 6.81. The van der Waals surface area contributed by atoms with Crippen LogP contribution >= 0.6 is 0 Å². The van der Waals surface area contributed by atoms with Gasteiger partial charge in [-0.3, -0.25) is 4.79 Å². The molecule has 4 heteroatoms. The van der Waals surface area contributed by atoms with E-state index in [0.29, 0.717) is 5.56 Å². The van der Waals surface area contributed by atoms with Crippen LogP contribution in [0.25, 0.3) is 27.7 Å². The molecule has 0 bridgehead atoms. The van der Waals surface area contributed by atoms with E-state index in [1.807, 2.05) is 53.0 Å². The molecule has 158 valence electrons. The van der Waals surface area contributed by atoms with E-state index in [0.717, 1.165) is 22.6 Å². The van der Waals surface area contributed by atoms with E-state index in [4.69, 9.17) is 0 Å². The van der Waals surface area contributed by atoms with Gasteiger partial charge < -0.3 is 0 Å². The monoisotopic (exact) mass is 419 g/mol. The summed E-state index contributed by atoms with van der Waals surface area (Å²) in [6, 6.07) is 26.4. The Morgan fingerprint density at radius 3 is 2.38 bits per heavy atom. The van der Waals surface area contributed by atoms with Gasteiger partial charge in [0.15, 0.2) is 11.4 Å². The fourth-order valence-electron chi connectivity index (χ4n) is 4.03. The molecule has 0 spiro atoms. The van der Waals surface area contributed by atoms with Crippen molar-refractivity contribution in [2.45, 2.75) is 32.6 Å². The van der Waals surface area contributed by atoms with Crippen molar-refractivity contribution in [2.75, 3.05) is 0 Å². The van der Waals surface area contributed by atoms with E-state index in [1.165, 1.54) is 16.3 Å². The quantitative estimate of drug-likeness (QED) is 0.322. The van der Waals surface area contributed by atoms with Crippen molar-refractivity contribution in [3.05, 3.63) is 102 Å². The van der Waals surface area contributed by atoms with Crippen LogP contribution in [0.5, 0.6) is 0 Å². The first-order valence-electron chi connectivity index (χ1n) is 10.8. The maximum atomic E-state index is 13.0. The largest absolute Gasteiger partial charge is 0.294 e. The van der Waals surface area contributed by atoms with Gasteiger partial charge in [-0.05, 0) is 33.9 Å². The molecule has 0 N–H and O–H groups in total. The average Bonchev–Trinajstić information content (AvgIpc) is 3.26. The first-order valence-corrected chi connectivity index (χ1v) is 10.8. The van der Waals surface area contributed by atoms with Gasteiger partial charge in [0.2, 0.25) is 0 Å². The molecule has 0 fully saturated rings. The minimum Gasteiger partial charge on any atom is -0.294 e. The first-order chi connectivity index (χ1) is 15.4. The Hall–Kier alpha value is -3.79. The third-order valence-electron chi connectivity index (χ3n) is 5.87. The zero-order valence-corrected chi connectivity index (χ0v) is 18.5. The van der Waals surface area contributed by atoms with Gasteiger partial charge in [-0.25, -0.2) is 9.50 Å². The van der Waals surface area contributed by atoms with Crippen molar-refractivity contribution >= 4 is 22.2 Å². The van der Waals surface area contributed by atoms with E-state index >= 15 is 0 Å². The summed E-state index contributed by atoms with van der Waals surface area (Å²) < 4.78 is 1.83. The number of fused-ring (bicyclic) bond motifs is 2. The standard InChI is InChI=1S/C28H25N3O/c1-28(2,3)23-12-10-20(11-13-23)26(32)18-24-17-25(31-27(30-24)14-15-29-31)22-9-8-19-6-4-5-7-21(19)16-22/h4-17H,18H2,1-3H3. The molecule has 3 aromatic carbocycles. The van der Waals surface area contributed by atoms with Gasteiger partial charge in [0.25, 0.3) is 0 Å². The van der Waals surface area contributed by atoms with Crippen LogP contribution in [-0.2, 0) is 11.8 Å². The number of Topliss-reactive ketones (excluding diaryl/α,β-unsaturated/α-hetero) is 1. The highest BCUT2D eigenvalue weighted by Gasteiger charge is 2.16. The molecule has 0 amide bonds. The van der Waals surface area contributed by atoms with Gasteiger partial charge in [0.1, 0.15) is 0 Å². The van der Waals surface area contributed by atoms with Crippen molar-refractivity contribution < 1.29 is 4.79 Å². The van der Waals surface area contributed by atoms with E-state index in [1.54, 1.807) is 6.20 Å². The minimum atomic E-state index is 0.0604. The molecule has 5 aromatic rings. The Labute approximate surface area is 187 Å². The van der Waals surface area contributed by atoms with E-state index in [2.05, 4.69) is 61.2 Å². The molecule has 32 heavy (non-hydrogen) atoms. The molecule has 0 unspecified atom stereocenters. The Kier molecular flexibility index (Phi) is 4.86. The molecule has 0 aliphatic carbocycles. The second-order valence-corrected chi connectivity index (χ2v) is 9.22. The summed E-state index contributed by atoms with van der Waals surface area (Å²) in [5.41, 5.74) is 5.43. The van der Waals surface area contributed by atoms with Crippen LogP contribution in [0, 0.1) is 0 Å². The summed E-state index contributed by atoms with van der Waals surface area (Å²) >= 11 is 0. The highest BCUT2D eigenvalue weighted by molar-refractivity contribution is 5.97. The fourth-order valence-corrected chi connectivity index (χ4v) is 4.03. The normalized spacial score (nSPS) is 11.8. The van der Waals surface area contributed by atoms with Crippen LogP contribution in [0.3, 0.4) is 0 Å². The summed E-state index contributed by atoms with van der Waals surface area (Å²) in [6.07, 6.45) is 1.99. The highest BCUT2D eigenvalue weighted by Crippen LogP contribution is 2.26. The van der Waals surface area contributed by atoms with Gasteiger partial charge in [-0.15, -0.1) is 0 Å². The molecule has 0 saturated carbocycles. The Bertz CT molecular complexity index is 1440. The molecule has 0 aliphatic heterocycles. The Morgan fingerprint density at radius 1 is 0.875 bits per heavy atom. The lowest BCUT2D eigenvalue weighted by atomic mass is 9.86. The average molecular weight is 420 g/mol. The van der Waals surface area contributed by atoms with Crippen LogP contribution < -0.4 is 0 Å². The predicted octanol–water partition coefficient (Wildman–Crippen LogP) is 6.27. The number of benzene rings is 3. The summed E-state index contributed by atoms with van der Waals surface area (Å²) in [7, 11) is 0. The van der Waals surface area contributed by atoms with E-state index in [-0.39, 0.29) is 17.6 Å². The molecule has 0 saturated heterocycles. The number of ketones is 1. The summed E-state index contributed by atoms with van der Waals surface area (Å²) in [4.78, 5) is 17.7. The Balaban J connectivity index is 1.50. The zero-order valence-electron chi connectivity index (χ0n) is 18.5. The summed E-state index contributed by atoms with van der Waals surface area (Å²) in [6.45, 7) is 6.51. The third-order valence-corrected chi connectivity index (χ3v) is 5.87. The van der Waals surface area contributed by atoms with E-state index in [9.17, 15) is 4.79 Å². The third kappa shape index (κ3) is 3.80. The number of rotatable bonds is 4. The van der Waals surface area contributed by atoms with Gasteiger partial charge in [0, 0.05) is 17.2 Å². The fraction of sp³-hybridized carbons (Fsp3) is 0.179. The number of nitrogens with zero attached hydrogens (tertiary/aromatic N) is 3. The summed E-state index contributed by atoms with van der Waals surface area (Å²) in [5.74, 6) is 0.0614. The van der Waals surface area contributed by atoms with Crippen molar-refractivity contribution in [1.29, 1.82) is 0 Å². The first kappa shape index (κ1) is 20.1. The van der Waals surface area contributed by atoms with Crippen molar-refractivity contribution in [3.8, 4) is 11.3 Å². The molecule has 5 rings (SSSR count). The van der Waals surface area contributed by atoms with Crippen LogP contribution in [-0.4, -0.2) is 20.4 Å². The van der Waals surface area contributed by atoms with Crippen LogP contribution in [0.4, 0.5) is 0 Å². The maximum Gasteiger partial charge on any atom is 0.168 e. The molecule has 2 heterocycles. The molecule has 4 nitrogen and oxygen atoms in total. The topological polar surface area (TPSA) is 47.3 Å². The van der Waals surface area contributed by atoms with Gasteiger partial charge in [-0.1, -0.05) is 81.4 Å². The molecular formula is C28H25N3O. The second-order valence-electron chi connectivity index (χ2n) is 9.22. The lowest BCUT2D eigenvalue weighted by Crippen LogP contribution is -2.12. The van der Waals surface area contributed by atoms with Crippen molar-refractivity contribution in [3.63, 3.8) is 0 Å². The van der Waals surface area contributed by atoms with E-state index < -0.39 is 0 Å². The smallest absolute Gasteiger partial charge is 0.168 e. The van der Waals surface area contributed by atoms with Gasteiger partial charge >= 0.3 is 0 Å². The molecule has 0 atom stereocenters. The molecular weight excluding hydrogens is 394 g/mol. The lowest BCUT2D eigenvalue weighted by molar-refractivity contribution is 0.0992. The van der Waals surface area contributed by atoms with Crippen LogP contribution in [0.1, 0.15) is 42.4 Å².